The van der Waals surface area contributed by atoms with Gasteiger partial charge in [0, 0.05) is 5.69 Å². The monoisotopic (exact) mass is 280 g/mol. The molecule has 18 heavy (non-hydrogen) atoms. The summed E-state index contributed by atoms with van der Waals surface area (Å²) in [4.78, 5) is 12.0. The van der Waals surface area contributed by atoms with Gasteiger partial charge in [0.25, 0.3) is 5.91 Å². The van der Waals surface area contributed by atoms with Crippen LogP contribution in [0.2, 0.25) is 10.0 Å². The summed E-state index contributed by atoms with van der Waals surface area (Å²) in [6, 6.07) is 12.8. The van der Waals surface area contributed by atoms with E-state index in [0.29, 0.717) is 0 Å². The Morgan fingerprint density at radius 3 is 2.06 bits per heavy atom. The molecule has 0 saturated heterocycles. The van der Waals surface area contributed by atoms with E-state index in [1.54, 1.807) is 24.3 Å². The lowest BCUT2D eigenvalue weighted by Crippen LogP contribution is -2.24. The maximum absolute atomic E-state index is 12.0. The first-order valence-electron chi connectivity index (χ1n) is 5.12. The molecule has 92 valence electrons. The Kier molecular flexibility index (Phi) is 3.87. The zero-order chi connectivity index (χ0) is 13.1. The Bertz CT molecular complexity index is 552. The van der Waals surface area contributed by atoms with Crippen molar-refractivity contribution in [1.29, 1.82) is 0 Å². The average molecular weight is 281 g/mol. The second kappa shape index (κ2) is 5.40. The van der Waals surface area contributed by atoms with Crippen molar-refractivity contribution in [3.8, 4) is 0 Å². The first-order chi connectivity index (χ1) is 8.61. The molecule has 0 N–H and O–H groups in total. The van der Waals surface area contributed by atoms with Gasteiger partial charge in [-0.2, -0.15) is 0 Å². The molecule has 0 aliphatic heterocycles. The predicted octanol–water partition coefficient (Wildman–Crippen LogP) is 4.14. The maximum atomic E-state index is 12.0. The zero-order valence-corrected chi connectivity index (χ0v) is 10.7. The molecule has 0 fully saturated rings. The number of hydroxylamine groups is 1. The number of carbonyl (C=O) groups is 1. The minimum atomic E-state index is -0.781. The van der Waals surface area contributed by atoms with Gasteiger partial charge in [0.1, 0.15) is 0 Å². The highest BCUT2D eigenvalue weighted by atomic mass is 35.5. The fraction of sp³-hybridized carbons (Fsp3) is 0. The number of para-hydroxylation sites is 1. The van der Waals surface area contributed by atoms with E-state index in [1.807, 2.05) is 0 Å². The van der Waals surface area contributed by atoms with Crippen LogP contribution in [0.3, 0.4) is 0 Å². The molecule has 0 spiro atoms. The highest BCUT2D eigenvalue weighted by Crippen LogP contribution is 2.27. The van der Waals surface area contributed by atoms with Crippen LogP contribution in [0, 0.1) is 5.21 Å². The summed E-state index contributed by atoms with van der Waals surface area (Å²) in [6.45, 7) is 0. The summed E-state index contributed by atoms with van der Waals surface area (Å²) < 4.78 is 0. The van der Waals surface area contributed by atoms with Gasteiger partial charge in [0.15, 0.2) is 0 Å². The van der Waals surface area contributed by atoms with E-state index in [1.165, 1.54) is 24.3 Å². The molecule has 2 aromatic carbocycles. The third-order valence-corrected chi connectivity index (χ3v) is 2.98. The smallest absolute Gasteiger partial charge is 0.250 e. The molecule has 0 atom stereocenters. The highest BCUT2D eigenvalue weighted by Gasteiger charge is 2.16. The van der Waals surface area contributed by atoms with Crippen LogP contribution in [0.4, 0.5) is 5.69 Å². The third-order valence-electron chi connectivity index (χ3n) is 2.35. The van der Waals surface area contributed by atoms with Crippen LogP contribution < -0.4 is 5.06 Å². The molecule has 0 radical (unpaired) electrons. The number of anilines is 1. The lowest BCUT2D eigenvalue weighted by molar-refractivity contribution is 0.0998. The molecule has 1 amide bonds. The Morgan fingerprint density at radius 1 is 0.944 bits per heavy atom. The van der Waals surface area contributed by atoms with Crippen molar-refractivity contribution in [2.45, 2.75) is 0 Å². The van der Waals surface area contributed by atoms with Gasteiger partial charge >= 0.3 is 0 Å². The second-order valence-electron chi connectivity index (χ2n) is 3.53. The third kappa shape index (κ3) is 2.48. The van der Waals surface area contributed by atoms with E-state index in [0.717, 1.165) is 0 Å². The minimum absolute atomic E-state index is 0.0136. The zero-order valence-electron chi connectivity index (χ0n) is 9.14. The quantitative estimate of drug-likeness (QED) is 0.776. The standard InChI is InChI=1S/C13H8Cl2NO2/c14-10-7-4-8-11(15)12(10)13(17)16(18)9-5-2-1-3-6-9/h1-8H/q-1. The number of halogens is 2. The van der Waals surface area contributed by atoms with Gasteiger partial charge in [-0.25, -0.2) is 0 Å². The highest BCUT2D eigenvalue weighted by molar-refractivity contribution is 6.40. The molecule has 0 bridgehead atoms. The van der Waals surface area contributed by atoms with Crippen LogP contribution in [-0.2, 0) is 0 Å². The fourth-order valence-electron chi connectivity index (χ4n) is 1.48. The molecule has 0 aliphatic carbocycles. The molecular weight excluding hydrogens is 273 g/mol. The molecule has 3 nitrogen and oxygen atoms in total. The summed E-state index contributed by atoms with van der Waals surface area (Å²) in [5.74, 6) is -0.781. The van der Waals surface area contributed by atoms with Gasteiger partial charge in [0.05, 0.1) is 15.6 Å². The first-order valence-corrected chi connectivity index (χ1v) is 5.87. The predicted molar refractivity (Wildman–Crippen MR) is 73.1 cm³/mol. The molecular formula is C13H8Cl2NO2-. The number of carbonyl (C=O) groups excluding carboxylic acids is 1. The molecule has 0 heterocycles. The summed E-state index contributed by atoms with van der Waals surface area (Å²) in [5.41, 5.74) is 0.248. The Hall–Kier alpha value is -1.55. The second-order valence-corrected chi connectivity index (χ2v) is 4.35. The Labute approximate surface area is 114 Å². The van der Waals surface area contributed by atoms with Crippen molar-refractivity contribution in [1.82, 2.24) is 0 Å². The van der Waals surface area contributed by atoms with Crippen molar-refractivity contribution < 1.29 is 4.79 Å². The minimum Gasteiger partial charge on any atom is -0.751 e. The summed E-state index contributed by atoms with van der Waals surface area (Å²) in [7, 11) is 0. The number of hydrogen-bond acceptors (Lipinski definition) is 2. The van der Waals surface area contributed by atoms with Crippen molar-refractivity contribution in [3.63, 3.8) is 0 Å². The van der Waals surface area contributed by atoms with E-state index in [-0.39, 0.29) is 26.4 Å². The summed E-state index contributed by atoms with van der Waals surface area (Å²) in [5, 5.41) is 12.5. The van der Waals surface area contributed by atoms with Crippen molar-refractivity contribution in [2.75, 3.05) is 5.06 Å². The number of benzene rings is 2. The van der Waals surface area contributed by atoms with E-state index >= 15 is 0 Å². The Balaban J connectivity index is 2.38. The van der Waals surface area contributed by atoms with E-state index < -0.39 is 5.91 Å². The van der Waals surface area contributed by atoms with Gasteiger partial charge in [0.2, 0.25) is 0 Å². The largest absolute Gasteiger partial charge is 0.751 e. The van der Waals surface area contributed by atoms with Crippen LogP contribution in [0.15, 0.2) is 48.5 Å². The molecule has 0 aliphatic rings. The van der Waals surface area contributed by atoms with Gasteiger partial charge in [-0.15, -0.1) is 0 Å². The van der Waals surface area contributed by atoms with Gasteiger partial charge in [-0.05, 0) is 24.3 Å². The first kappa shape index (κ1) is 12.9. The maximum Gasteiger partial charge on any atom is 0.250 e. The molecule has 5 heteroatoms. The van der Waals surface area contributed by atoms with Crippen LogP contribution in [0.5, 0.6) is 0 Å². The van der Waals surface area contributed by atoms with Crippen molar-refractivity contribution in [3.05, 3.63) is 69.3 Å². The lowest BCUT2D eigenvalue weighted by atomic mass is 10.2. The van der Waals surface area contributed by atoms with Crippen LogP contribution in [0.25, 0.3) is 0 Å². The van der Waals surface area contributed by atoms with Gasteiger partial charge < -0.3 is 10.3 Å². The number of rotatable bonds is 2. The fourth-order valence-corrected chi connectivity index (χ4v) is 2.04. The topological polar surface area (TPSA) is 43.4 Å². The molecule has 0 saturated carbocycles. The average Bonchev–Trinajstić information content (AvgIpc) is 2.38. The van der Waals surface area contributed by atoms with E-state index in [9.17, 15) is 10.0 Å². The summed E-state index contributed by atoms with van der Waals surface area (Å²) in [6.07, 6.45) is 0. The Morgan fingerprint density at radius 2 is 1.50 bits per heavy atom. The normalized spacial score (nSPS) is 10.2. The molecule has 0 aromatic heterocycles. The summed E-state index contributed by atoms with van der Waals surface area (Å²) >= 11 is 11.8. The number of hydrogen-bond donors (Lipinski definition) is 0. The van der Waals surface area contributed by atoms with Crippen LogP contribution in [0.1, 0.15) is 10.4 Å². The molecule has 2 rings (SSSR count). The molecule has 0 unspecified atom stereocenters. The SMILES string of the molecule is O=C(c1c(Cl)cccc1Cl)N([O-])c1ccccc1. The van der Waals surface area contributed by atoms with Crippen molar-refractivity contribution in [2.24, 2.45) is 0 Å². The van der Waals surface area contributed by atoms with Crippen LogP contribution >= 0.6 is 23.2 Å². The lowest BCUT2D eigenvalue weighted by Gasteiger charge is -2.28. The number of amides is 1. The molecule has 2 aromatic rings. The van der Waals surface area contributed by atoms with Gasteiger partial charge in [-0.3, -0.25) is 4.79 Å². The van der Waals surface area contributed by atoms with Gasteiger partial charge in [-0.1, -0.05) is 47.5 Å². The number of nitrogens with zero attached hydrogens (tertiary/aromatic N) is 1. The van der Waals surface area contributed by atoms with E-state index in [4.69, 9.17) is 23.2 Å². The van der Waals surface area contributed by atoms with E-state index in [2.05, 4.69) is 0 Å². The van der Waals surface area contributed by atoms with Crippen LogP contribution in [-0.4, -0.2) is 5.91 Å². The van der Waals surface area contributed by atoms with Crippen molar-refractivity contribution >= 4 is 34.8 Å².